The molecule has 1 heterocycles. The molecule has 2 atom stereocenters. The molecule has 96 valence electrons. The van der Waals surface area contributed by atoms with Gasteiger partial charge in [0.2, 0.25) is 9.05 Å². The van der Waals surface area contributed by atoms with Gasteiger partial charge in [-0.25, -0.2) is 8.42 Å². The Morgan fingerprint density at radius 2 is 2.06 bits per heavy atom. The molecule has 1 aliphatic rings. The molecule has 0 spiro atoms. The highest BCUT2D eigenvalue weighted by molar-refractivity contribution is 8.13. The van der Waals surface area contributed by atoms with Crippen molar-refractivity contribution in [3.63, 3.8) is 0 Å². The Balaban J connectivity index is 1.96. The Bertz CT molecular complexity index is 291. The second-order valence-corrected chi connectivity index (χ2v) is 7.12. The monoisotopic (exact) mass is 270 g/mol. The van der Waals surface area contributed by atoms with Crippen LogP contribution in [0.1, 0.15) is 26.2 Å². The van der Waals surface area contributed by atoms with Crippen LogP contribution in [0.5, 0.6) is 0 Å². The maximum Gasteiger partial charge on any atom is 0.232 e. The molecule has 0 saturated carbocycles. The minimum Gasteiger partial charge on any atom is -0.378 e. The highest BCUT2D eigenvalue weighted by Gasteiger charge is 2.24. The predicted octanol–water partition coefficient (Wildman–Crippen LogP) is 1.78. The summed E-state index contributed by atoms with van der Waals surface area (Å²) in [5.74, 6) is 0.514. The first-order valence-electron chi connectivity index (χ1n) is 5.61. The Morgan fingerprint density at radius 3 is 2.62 bits per heavy atom. The van der Waals surface area contributed by atoms with Gasteiger partial charge >= 0.3 is 0 Å². The number of ether oxygens (including phenoxy) is 2. The van der Waals surface area contributed by atoms with E-state index in [4.69, 9.17) is 20.2 Å². The molecule has 0 aromatic rings. The summed E-state index contributed by atoms with van der Waals surface area (Å²) in [5, 5.41) is 0. The highest BCUT2D eigenvalue weighted by Crippen LogP contribution is 2.16. The van der Waals surface area contributed by atoms with E-state index in [0.29, 0.717) is 25.6 Å². The van der Waals surface area contributed by atoms with E-state index in [1.54, 1.807) is 0 Å². The fourth-order valence-corrected chi connectivity index (χ4v) is 2.52. The van der Waals surface area contributed by atoms with Gasteiger partial charge in [-0.05, 0) is 12.8 Å². The normalized spacial score (nSPS) is 26.1. The SMILES string of the molecule is CC1COCC1OCCCCCS(=O)(=O)Cl. The molecular formula is C10H19ClO4S. The van der Waals surface area contributed by atoms with Crippen molar-refractivity contribution in [3.05, 3.63) is 0 Å². The number of rotatable bonds is 7. The van der Waals surface area contributed by atoms with Gasteiger partial charge in [0, 0.05) is 23.2 Å². The van der Waals surface area contributed by atoms with Gasteiger partial charge in [-0.3, -0.25) is 0 Å². The van der Waals surface area contributed by atoms with Crippen LogP contribution >= 0.6 is 10.7 Å². The predicted molar refractivity (Wildman–Crippen MR) is 63.2 cm³/mol. The van der Waals surface area contributed by atoms with Gasteiger partial charge < -0.3 is 9.47 Å². The van der Waals surface area contributed by atoms with Crippen molar-refractivity contribution in [1.29, 1.82) is 0 Å². The summed E-state index contributed by atoms with van der Waals surface area (Å²) in [7, 11) is 1.77. The topological polar surface area (TPSA) is 52.6 Å². The number of hydrogen-bond donors (Lipinski definition) is 0. The molecule has 2 unspecified atom stereocenters. The van der Waals surface area contributed by atoms with E-state index in [9.17, 15) is 8.42 Å². The first-order chi connectivity index (χ1) is 7.49. The fraction of sp³-hybridized carbons (Fsp3) is 1.00. The number of hydrogen-bond acceptors (Lipinski definition) is 4. The third kappa shape index (κ3) is 6.03. The zero-order chi connectivity index (χ0) is 12.0. The van der Waals surface area contributed by atoms with E-state index in [-0.39, 0.29) is 11.9 Å². The van der Waals surface area contributed by atoms with E-state index in [1.165, 1.54) is 0 Å². The van der Waals surface area contributed by atoms with Crippen molar-refractivity contribution < 1.29 is 17.9 Å². The van der Waals surface area contributed by atoms with Crippen LogP contribution in [0.2, 0.25) is 0 Å². The molecule has 16 heavy (non-hydrogen) atoms. The molecule has 1 rings (SSSR count). The molecule has 0 aromatic carbocycles. The van der Waals surface area contributed by atoms with E-state index < -0.39 is 9.05 Å². The van der Waals surface area contributed by atoms with E-state index >= 15 is 0 Å². The quantitative estimate of drug-likeness (QED) is 0.523. The molecule has 1 aliphatic heterocycles. The van der Waals surface area contributed by atoms with Crippen LogP contribution < -0.4 is 0 Å². The summed E-state index contributed by atoms with van der Waals surface area (Å²) < 4.78 is 32.2. The van der Waals surface area contributed by atoms with Crippen molar-refractivity contribution in [2.75, 3.05) is 25.6 Å². The van der Waals surface area contributed by atoms with E-state index in [2.05, 4.69) is 6.92 Å². The molecular weight excluding hydrogens is 252 g/mol. The van der Waals surface area contributed by atoms with Gasteiger partial charge in [-0.15, -0.1) is 0 Å². The molecule has 0 aromatic heterocycles. The van der Waals surface area contributed by atoms with Crippen LogP contribution in [0, 0.1) is 5.92 Å². The molecule has 0 N–H and O–H groups in total. The average Bonchev–Trinajstić information content (AvgIpc) is 2.56. The second-order valence-electron chi connectivity index (χ2n) is 4.23. The lowest BCUT2D eigenvalue weighted by molar-refractivity contribution is 0.0270. The van der Waals surface area contributed by atoms with Crippen LogP contribution in [0.4, 0.5) is 0 Å². The summed E-state index contributed by atoms with van der Waals surface area (Å²) in [5.41, 5.74) is 0. The third-order valence-electron chi connectivity index (χ3n) is 2.66. The van der Waals surface area contributed by atoms with Gasteiger partial charge in [0.05, 0.1) is 25.1 Å². The highest BCUT2D eigenvalue weighted by atomic mass is 35.7. The van der Waals surface area contributed by atoms with E-state index in [0.717, 1.165) is 19.4 Å². The summed E-state index contributed by atoms with van der Waals surface area (Å²) in [6, 6.07) is 0. The first-order valence-corrected chi connectivity index (χ1v) is 8.08. The van der Waals surface area contributed by atoms with Crippen LogP contribution in [0.15, 0.2) is 0 Å². The van der Waals surface area contributed by atoms with Crippen molar-refractivity contribution in [1.82, 2.24) is 0 Å². The zero-order valence-corrected chi connectivity index (χ0v) is 11.1. The Hall–Kier alpha value is 0.160. The number of halogens is 1. The molecule has 0 aliphatic carbocycles. The van der Waals surface area contributed by atoms with Gasteiger partial charge in [0.15, 0.2) is 0 Å². The average molecular weight is 271 g/mol. The summed E-state index contributed by atoms with van der Waals surface area (Å²) >= 11 is 0. The van der Waals surface area contributed by atoms with Gasteiger partial charge in [0.25, 0.3) is 0 Å². The first kappa shape index (κ1) is 14.2. The Morgan fingerprint density at radius 1 is 1.31 bits per heavy atom. The standard InChI is InChI=1S/C10H19ClO4S/c1-9-7-14-8-10(9)15-5-3-2-4-6-16(11,12)13/h9-10H,2-8H2,1H3. The molecule has 0 bridgehead atoms. The van der Waals surface area contributed by atoms with E-state index in [1.807, 2.05) is 0 Å². The van der Waals surface area contributed by atoms with Gasteiger partial charge in [-0.2, -0.15) is 0 Å². The van der Waals surface area contributed by atoms with Crippen LogP contribution in [0.25, 0.3) is 0 Å². The largest absolute Gasteiger partial charge is 0.378 e. The zero-order valence-electron chi connectivity index (χ0n) is 9.52. The van der Waals surface area contributed by atoms with Crippen molar-refractivity contribution in [2.45, 2.75) is 32.3 Å². The van der Waals surface area contributed by atoms with Crippen molar-refractivity contribution in [2.24, 2.45) is 5.92 Å². The maximum absolute atomic E-state index is 10.6. The fourth-order valence-electron chi connectivity index (χ4n) is 1.64. The maximum atomic E-state index is 10.6. The summed E-state index contributed by atoms with van der Waals surface area (Å²) in [6.07, 6.45) is 2.51. The molecule has 0 amide bonds. The summed E-state index contributed by atoms with van der Waals surface area (Å²) in [6.45, 7) is 4.23. The lowest BCUT2D eigenvalue weighted by Gasteiger charge is -2.13. The van der Waals surface area contributed by atoms with Gasteiger partial charge in [0.1, 0.15) is 0 Å². The smallest absolute Gasteiger partial charge is 0.232 e. The minimum atomic E-state index is -3.32. The Kier molecular flexibility index (Phi) is 6.03. The summed E-state index contributed by atoms with van der Waals surface area (Å²) in [4.78, 5) is 0. The van der Waals surface area contributed by atoms with Crippen LogP contribution in [-0.2, 0) is 18.5 Å². The van der Waals surface area contributed by atoms with Crippen molar-refractivity contribution >= 4 is 19.7 Å². The van der Waals surface area contributed by atoms with Crippen molar-refractivity contribution in [3.8, 4) is 0 Å². The molecule has 4 nitrogen and oxygen atoms in total. The van der Waals surface area contributed by atoms with Crippen LogP contribution in [-0.4, -0.2) is 40.1 Å². The lowest BCUT2D eigenvalue weighted by Crippen LogP contribution is -2.20. The Labute approximate surface area is 102 Å². The second kappa shape index (κ2) is 6.79. The van der Waals surface area contributed by atoms with Crippen LogP contribution in [0.3, 0.4) is 0 Å². The van der Waals surface area contributed by atoms with Gasteiger partial charge in [-0.1, -0.05) is 13.3 Å². The molecule has 1 fully saturated rings. The molecule has 1 saturated heterocycles. The number of unbranched alkanes of at least 4 members (excludes halogenated alkanes) is 2. The minimum absolute atomic E-state index is 0.0531. The third-order valence-corrected chi connectivity index (χ3v) is 3.90. The molecule has 6 heteroatoms. The molecule has 0 radical (unpaired) electrons. The lowest BCUT2D eigenvalue weighted by atomic mass is 10.1.